The van der Waals surface area contributed by atoms with Gasteiger partial charge in [0, 0.05) is 36.4 Å². The van der Waals surface area contributed by atoms with E-state index in [4.69, 9.17) is 14.5 Å². The molecule has 2 aromatic heterocycles. The Bertz CT molecular complexity index is 2010. The maximum absolute atomic E-state index is 14.6. The molecule has 2 aromatic carbocycles. The van der Waals surface area contributed by atoms with Crippen LogP contribution in [0.1, 0.15) is 81.1 Å². The van der Waals surface area contributed by atoms with Crippen LogP contribution in [-0.2, 0) is 21.3 Å². The van der Waals surface area contributed by atoms with Crippen molar-refractivity contribution in [2.45, 2.75) is 97.4 Å². The molecule has 1 fully saturated rings. The molecular weight excluding hydrogens is 679 g/mol. The standard InChI is InChI=1S/C39H49N7O5S/c1-25(2)45(23-31-14-10-16-50-31)34-21-40-20-29(41-34)22-46-30(19-39(5,6)7)24-51-35-18-33(36-26(3)11-8-12-27(36)4)42-38(43-35)44-52(48,49)32-15-9-13-28(17-32)37(46)47/h8-9,11-13,15,17-18,20-21,25,30-31H,10,14,16,19,22-24H2,1-7H3,(H,42,43,44). The van der Waals surface area contributed by atoms with Crippen molar-refractivity contribution in [3.05, 3.63) is 83.3 Å². The molecule has 13 heteroatoms. The monoisotopic (exact) mass is 727 g/mol. The third kappa shape index (κ3) is 8.70. The number of amides is 1. The second kappa shape index (κ2) is 15.2. The molecule has 4 bridgehead atoms. The summed E-state index contributed by atoms with van der Waals surface area (Å²) in [6, 6.07) is 13.4. The van der Waals surface area contributed by atoms with Crippen LogP contribution in [0.15, 0.2) is 65.8 Å². The van der Waals surface area contributed by atoms with Gasteiger partial charge in [-0.05, 0) is 81.7 Å². The lowest BCUT2D eigenvalue weighted by molar-refractivity contribution is 0.0509. The van der Waals surface area contributed by atoms with Gasteiger partial charge in [-0.2, -0.15) is 4.98 Å². The third-order valence-corrected chi connectivity index (χ3v) is 10.7. The van der Waals surface area contributed by atoms with E-state index in [1.54, 1.807) is 35.5 Å². The fraction of sp³-hybridized carbons (Fsp3) is 0.462. The molecule has 0 saturated carbocycles. The van der Waals surface area contributed by atoms with E-state index in [0.717, 1.165) is 36.1 Å². The number of nitrogens with zero attached hydrogens (tertiary/aromatic N) is 6. The van der Waals surface area contributed by atoms with Crippen LogP contribution >= 0.6 is 0 Å². The Morgan fingerprint density at radius 1 is 1.02 bits per heavy atom. The molecule has 0 spiro atoms. The molecule has 1 N–H and O–H groups in total. The first-order chi connectivity index (χ1) is 24.7. The molecule has 4 aromatic rings. The van der Waals surface area contributed by atoms with E-state index in [2.05, 4.69) is 59.2 Å². The molecule has 276 valence electrons. The average Bonchev–Trinajstić information content (AvgIpc) is 3.60. The van der Waals surface area contributed by atoms with Crippen molar-refractivity contribution in [1.82, 2.24) is 24.8 Å². The molecule has 1 saturated heterocycles. The highest BCUT2D eigenvalue weighted by Gasteiger charge is 2.32. The number of sulfonamides is 1. The molecule has 2 atom stereocenters. The molecule has 52 heavy (non-hydrogen) atoms. The number of fused-ring (bicyclic) bond motifs is 4. The summed E-state index contributed by atoms with van der Waals surface area (Å²) in [5, 5.41) is 0. The van der Waals surface area contributed by atoms with Crippen LogP contribution in [0.4, 0.5) is 11.8 Å². The predicted octanol–water partition coefficient (Wildman–Crippen LogP) is 6.58. The van der Waals surface area contributed by atoms with Gasteiger partial charge in [0.05, 0.1) is 47.4 Å². The number of carbonyl (C=O) groups is 1. The predicted molar refractivity (Wildman–Crippen MR) is 201 cm³/mol. The van der Waals surface area contributed by atoms with E-state index in [-0.39, 0.29) is 58.9 Å². The molecule has 1 amide bonds. The number of anilines is 2. The number of rotatable bonds is 8. The van der Waals surface area contributed by atoms with Crippen molar-refractivity contribution in [2.24, 2.45) is 5.41 Å². The maximum Gasteiger partial charge on any atom is 0.264 e. The van der Waals surface area contributed by atoms with E-state index < -0.39 is 16.1 Å². The number of aromatic nitrogens is 4. The third-order valence-electron chi connectivity index (χ3n) is 9.38. The number of hydrogen-bond donors (Lipinski definition) is 1. The Balaban J connectivity index is 1.44. The quantitative estimate of drug-likeness (QED) is 0.212. The lowest BCUT2D eigenvalue weighted by atomic mass is 9.87. The molecule has 4 heterocycles. The van der Waals surface area contributed by atoms with Crippen LogP contribution in [-0.4, -0.2) is 77.1 Å². The first kappa shape index (κ1) is 37.1. The first-order valence-corrected chi connectivity index (χ1v) is 19.4. The van der Waals surface area contributed by atoms with Gasteiger partial charge >= 0.3 is 0 Å². The highest BCUT2D eigenvalue weighted by molar-refractivity contribution is 7.92. The zero-order valence-electron chi connectivity index (χ0n) is 31.1. The minimum Gasteiger partial charge on any atom is -0.475 e. The molecule has 2 aliphatic heterocycles. The normalized spacial score (nSPS) is 18.9. The van der Waals surface area contributed by atoms with Gasteiger partial charge in [0.15, 0.2) is 0 Å². The van der Waals surface area contributed by atoms with E-state index >= 15 is 0 Å². The smallest absolute Gasteiger partial charge is 0.264 e. The Labute approximate surface area is 307 Å². The van der Waals surface area contributed by atoms with E-state index in [1.165, 1.54) is 12.1 Å². The minimum absolute atomic E-state index is 0.0857. The van der Waals surface area contributed by atoms with Gasteiger partial charge in [0.25, 0.3) is 15.9 Å². The van der Waals surface area contributed by atoms with Gasteiger partial charge in [0.1, 0.15) is 12.4 Å². The van der Waals surface area contributed by atoms with E-state index in [1.807, 2.05) is 32.0 Å². The Morgan fingerprint density at radius 2 is 1.77 bits per heavy atom. The molecular formula is C39H49N7O5S. The second-order valence-electron chi connectivity index (χ2n) is 15.2. The van der Waals surface area contributed by atoms with Crippen LogP contribution in [0.5, 0.6) is 5.88 Å². The van der Waals surface area contributed by atoms with Crippen molar-refractivity contribution in [3.8, 4) is 17.1 Å². The maximum atomic E-state index is 14.6. The van der Waals surface area contributed by atoms with Crippen molar-refractivity contribution < 1.29 is 22.7 Å². The Morgan fingerprint density at radius 3 is 2.46 bits per heavy atom. The lowest BCUT2D eigenvalue weighted by Crippen LogP contribution is -2.45. The number of nitrogens with one attached hydrogen (secondary N) is 1. The van der Waals surface area contributed by atoms with Gasteiger partial charge < -0.3 is 19.3 Å². The molecule has 12 nitrogen and oxygen atoms in total. The molecule has 6 rings (SSSR count). The summed E-state index contributed by atoms with van der Waals surface area (Å²) in [7, 11) is -4.19. The summed E-state index contributed by atoms with van der Waals surface area (Å²) in [5.41, 5.74) is 3.93. The van der Waals surface area contributed by atoms with E-state index in [9.17, 15) is 13.2 Å². The van der Waals surface area contributed by atoms with Gasteiger partial charge in [-0.3, -0.25) is 9.78 Å². The zero-order chi connectivity index (χ0) is 37.2. The van der Waals surface area contributed by atoms with Crippen molar-refractivity contribution in [2.75, 3.05) is 29.4 Å². The Kier molecular flexibility index (Phi) is 10.8. The van der Waals surface area contributed by atoms with Crippen LogP contribution in [0.3, 0.4) is 0 Å². The van der Waals surface area contributed by atoms with Crippen molar-refractivity contribution in [1.29, 1.82) is 0 Å². The SMILES string of the molecule is Cc1cccc(C)c1-c1cc2nc(n1)NS(=O)(=O)c1cccc(c1)C(=O)N(Cc1cncc(N(CC3CCCO3)C(C)C)n1)C(CC(C)(C)C)CO2. The average molecular weight is 728 g/mol. The summed E-state index contributed by atoms with van der Waals surface area (Å²) in [6.45, 7) is 16.2. The van der Waals surface area contributed by atoms with Crippen molar-refractivity contribution in [3.63, 3.8) is 0 Å². The van der Waals surface area contributed by atoms with Crippen LogP contribution < -0.4 is 14.4 Å². The number of aryl methyl sites for hydroxylation is 2. The number of ether oxygens (including phenoxy) is 2. The van der Waals surface area contributed by atoms with E-state index in [0.29, 0.717) is 30.2 Å². The zero-order valence-corrected chi connectivity index (χ0v) is 31.9. The minimum atomic E-state index is -4.19. The van der Waals surface area contributed by atoms with Gasteiger partial charge in [-0.15, -0.1) is 0 Å². The van der Waals surface area contributed by atoms with Crippen LogP contribution in [0, 0.1) is 19.3 Å². The van der Waals surface area contributed by atoms with Crippen LogP contribution in [0.25, 0.3) is 11.3 Å². The fourth-order valence-corrected chi connectivity index (χ4v) is 7.90. The summed E-state index contributed by atoms with van der Waals surface area (Å²) < 4.78 is 42.5. The summed E-state index contributed by atoms with van der Waals surface area (Å²) in [5.74, 6) is 0.415. The van der Waals surface area contributed by atoms with Crippen LogP contribution in [0.2, 0.25) is 0 Å². The summed E-state index contributed by atoms with van der Waals surface area (Å²) >= 11 is 0. The number of carbonyl (C=O) groups excluding carboxylic acids is 1. The highest BCUT2D eigenvalue weighted by atomic mass is 32.2. The molecule has 0 aliphatic carbocycles. The lowest BCUT2D eigenvalue weighted by Gasteiger charge is -2.36. The molecule has 0 radical (unpaired) electrons. The topological polar surface area (TPSA) is 140 Å². The van der Waals surface area contributed by atoms with Gasteiger partial charge in [-0.25, -0.2) is 23.1 Å². The molecule has 2 aliphatic rings. The highest BCUT2D eigenvalue weighted by Crippen LogP contribution is 2.32. The van der Waals surface area contributed by atoms with Gasteiger partial charge in [0.2, 0.25) is 11.8 Å². The second-order valence-corrected chi connectivity index (χ2v) is 16.9. The van der Waals surface area contributed by atoms with Crippen molar-refractivity contribution >= 4 is 27.7 Å². The first-order valence-electron chi connectivity index (χ1n) is 17.9. The number of benzene rings is 2. The van der Waals surface area contributed by atoms with Gasteiger partial charge in [-0.1, -0.05) is 45.0 Å². The summed E-state index contributed by atoms with van der Waals surface area (Å²) in [6.07, 6.45) is 6.15. The Hall–Kier alpha value is -4.62. The summed E-state index contributed by atoms with van der Waals surface area (Å²) in [4.78, 5) is 37.2. The molecule has 2 unspecified atom stereocenters. The largest absolute Gasteiger partial charge is 0.475 e. The number of hydrogen-bond acceptors (Lipinski definition) is 10. The fourth-order valence-electron chi connectivity index (χ4n) is 6.91.